The van der Waals surface area contributed by atoms with Crippen LogP contribution in [0, 0.1) is 0 Å². The smallest absolute Gasteiger partial charge is 0.133 e. The monoisotopic (exact) mass is 348 g/mol. The Hall–Kier alpha value is -1.13. The molecule has 1 heterocycles. The van der Waals surface area contributed by atoms with Crippen LogP contribution in [0.1, 0.15) is 62.4 Å². The molecule has 0 saturated carbocycles. The standard InChI is InChI=1S/C17H21BrN2O/c1-11(2)20-16(15(18)10-19-20)17(21)9-8-12(3)13-6-4-5-7-14(13)17/h4-7,10-12,21H,8-9H2,1-3H3. The molecule has 2 aromatic rings. The van der Waals surface area contributed by atoms with Gasteiger partial charge >= 0.3 is 0 Å². The van der Waals surface area contributed by atoms with E-state index >= 15 is 0 Å². The first-order valence-corrected chi connectivity index (χ1v) is 8.29. The number of fused-ring (bicyclic) bond motifs is 1. The average Bonchev–Trinajstić information content (AvgIpc) is 2.86. The number of halogens is 1. The van der Waals surface area contributed by atoms with E-state index < -0.39 is 5.60 Å². The molecule has 0 bridgehead atoms. The van der Waals surface area contributed by atoms with Gasteiger partial charge < -0.3 is 5.11 Å². The minimum atomic E-state index is -0.970. The fraction of sp³-hybridized carbons (Fsp3) is 0.471. The van der Waals surface area contributed by atoms with Crippen molar-refractivity contribution in [2.24, 2.45) is 0 Å². The number of rotatable bonds is 2. The van der Waals surface area contributed by atoms with E-state index in [1.807, 2.05) is 10.7 Å². The Labute approximate surface area is 134 Å². The van der Waals surface area contributed by atoms with Crippen molar-refractivity contribution in [3.63, 3.8) is 0 Å². The van der Waals surface area contributed by atoms with Crippen molar-refractivity contribution in [1.29, 1.82) is 0 Å². The van der Waals surface area contributed by atoms with Crippen molar-refractivity contribution in [2.75, 3.05) is 0 Å². The molecule has 1 N–H and O–H groups in total. The summed E-state index contributed by atoms with van der Waals surface area (Å²) in [6, 6.07) is 8.45. The van der Waals surface area contributed by atoms with Gasteiger partial charge in [-0.05, 0) is 59.7 Å². The molecule has 3 nitrogen and oxygen atoms in total. The fourth-order valence-corrected chi connectivity index (χ4v) is 3.99. The Bertz CT molecular complexity index is 665. The molecule has 1 aromatic heterocycles. The summed E-state index contributed by atoms with van der Waals surface area (Å²) in [6.07, 6.45) is 3.49. The summed E-state index contributed by atoms with van der Waals surface area (Å²) >= 11 is 3.58. The maximum Gasteiger partial charge on any atom is 0.133 e. The van der Waals surface area contributed by atoms with Crippen molar-refractivity contribution in [2.45, 2.75) is 51.2 Å². The third kappa shape index (κ3) is 2.25. The van der Waals surface area contributed by atoms with Gasteiger partial charge in [0.1, 0.15) is 5.60 Å². The van der Waals surface area contributed by atoms with Crippen LogP contribution in [0.15, 0.2) is 34.9 Å². The van der Waals surface area contributed by atoms with Crippen molar-refractivity contribution >= 4 is 15.9 Å². The first-order valence-electron chi connectivity index (χ1n) is 7.50. The lowest BCUT2D eigenvalue weighted by molar-refractivity contribution is 0.0467. The lowest BCUT2D eigenvalue weighted by Gasteiger charge is -2.38. The van der Waals surface area contributed by atoms with Crippen LogP contribution in [0.2, 0.25) is 0 Å². The van der Waals surface area contributed by atoms with Crippen LogP contribution in [-0.2, 0) is 5.60 Å². The van der Waals surface area contributed by atoms with Crippen LogP contribution in [-0.4, -0.2) is 14.9 Å². The largest absolute Gasteiger partial charge is 0.379 e. The first-order chi connectivity index (χ1) is 9.95. The second kappa shape index (κ2) is 5.25. The van der Waals surface area contributed by atoms with Crippen LogP contribution in [0.4, 0.5) is 0 Å². The molecular formula is C17H21BrN2O. The molecule has 0 saturated heterocycles. The Kier molecular flexibility index (Phi) is 3.70. The van der Waals surface area contributed by atoms with E-state index in [0.717, 1.165) is 28.6 Å². The van der Waals surface area contributed by atoms with Gasteiger partial charge in [-0.2, -0.15) is 5.10 Å². The SMILES string of the molecule is CC1CCC(O)(c2c(Br)cnn2C(C)C)c2ccccc21. The molecule has 0 spiro atoms. The predicted octanol–water partition coefficient (Wildman–Crippen LogP) is 4.36. The summed E-state index contributed by atoms with van der Waals surface area (Å²) in [5, 5.41) is 16.0. The van der Waals surface area contributed by atoms with E-state index in [9.17, 15) is 5.11 Å². The molecule has 3 rings (SSSR count). The van der Waals surface area contributed by atoms with Crippen LogP contribution < -0.4 is 0 Å². The lowest BCUT2D eigenvalue weighted by Crippen LogP contribution is -2.36. The molecule has 0 fully saturated rings. The number of hydrogen-bond donors (Lipinski definition) is 1. The highest BCUT2D eigenvalue weighted by Gasteiger charge is 2.42. The molecule has 21 heavy (non-hydrogen) atoms. The summed E-state index contributed by atoms with van der Waals surface area (Å²) in [4.78, 5) is 0. The molecule has 112 valence electrons. The van der Waals surface area contributed by atoms with E-state index in [4.69, 9.17) is 0 Å². The van der Waals surface area contributed by atoms with E-state index in [1.54, 1.807) is 6.20 Å². The number of nitrogens with zero attached hydrogens (tertiary/aromatic N) is 2. The third-order valence-corrected chi connectivity index (χ3v) is 5.09. The predicted molar refractivity (Wildman–Crippen MR) is 87.4 cm³/mol. The number of aromatic nitrogens is 2. The Morgan fingerprint density at radius 1 is 1.38 bits per heavy atom. The minimum Gasteiger partial charge on any atom is -0.379 e. The van der Waals surface area contributed by atoms with Gasteiger partial charge in [0, 0.05) is 6.04 Å². The Morgan fingerprint density at radius 3 is 2.81 bits per heavy atom. The molecule has 1 aliphatic carbocycles. The highest BCUT2D eigenvalue weighted by molar-refractivity contribution is 9.10. The van der Waals surface area contributed by atoms with E-state index in [-0.39, 0.29) is 6.04 Å². The highest BCUT2D eigenvalue weighted by Crippen LogP contribution is 2.47. The van der Waals surface area contributed by atoms with Crippen LogP contribution in [0.5, 0.6) is 0 Å². The maximum atomic E-state index is 11.5. The highest BCUT2D eigenvalue weighted by atomic mass is 79.9. The lowest BCUT2D eigenvalue weighted by atomic mass is 9.73. The zero-order valence-corrected chi connectivity index (χ0v) is 14.3. The second-order valence-electron chi connectivity index (χ2n) is 6.27. The molecule has 4 heteroatoms. The summed E-state index contributed by atoms with van der Waals surface area (Å²) in [5.41, 5.74) is 2.17. The van der Waals surface area contributed by atoms with Gasteiger partial charge in [-0.15, -0.1) is 0 Å². The zero-order chi connectivity index (χ0) is 15.2. The topological polar surface area (TPSA) is 38.1 Å². The van der Waals surface area contributed by atoms with Gasteiger partial charge in [-0.25, -0.2) is 0 Å². The van der Waals surface area contributed by atoms with Gasteiger partial charge in [0.25, 0.3) is 0 Å². The molecule has 2 unspecified atom stereocenters. The fourth-order valence-electron chi connectivity index (χ4n) is 3.38. The third-order valence-electron chi connectivity index (χ3n) is 4.51. The van der Waals surface area contributed by atoms with Crippen LogP contribution in [0.25, 0.3) is 0 Å². The van der Waals surface area contributed by atoms with Gasteiger partial charge in [0.15, 0.2) is 0 Å². The number of benzene rings is 1. The number of hydrogen-bond acceptors (Lipinski definition) is 2. The second-order valence-corrected chi connectivity index (χ2v) is 7.12. The van der Waals surface area contributed by atoms with Crippen molar-refractivity contribution in [3.8, 4) is 0 Å². The van der Waals surface area contributed by atoms with Crippen LogP contribution >= 0.6 is 15.9 Å². The van der Waals surface area contributed by atoms with E-state index in [0.29, 0.717) is 5.92 Å². The quantitative estimate of drug-likeness (QED) is 0.875. The van der Waals surface area contributed by atoms with Crippen molar-refractivity contribution in [1.82, 2.24) is 9.78 Å². The zero-order valence-electron chi connectivity index (χ0n) is 12.7. The Morgan fingerprint density at radius 2 is 2.10 bits per heavy atom. The van der Waals surface area contributed by atoms with Gasteiger partial charge in [-0.3, -0.25) is 4.68 Å². The summed E-state index contributed by atoms with van der Waals surface area (Å²) in [6.45, 7) is 6.40. The molecule has 0 aliphatic heterocycles. The molecule has 0 amide bonds. The molecular weight excluding hydrogens is 328 g/mol. The van der Waals surface area contributed by atoms with Gasteiger partial charge in [0.05, 0.1) is 16.4 Å². The summed E-state index contributed by atoms with van der Waals surface area (Å²) in [5.74, 6) is 0.482. The molecule has 2 atom stereocenters. The normalized spacial score (nSPS) is 25.1. The molecule has 1 aromatic carbocycles. The first kappa shape index (κ1) is 14.8. The summed E-state index contributed by atoms with van der Waals surface area (Å²) < 4.78 is 2.81. The minimum absolute atomic E-state index is 0.210. The average molecular weight is 349 g/mol. The van der Waals surface area contributed by atoms with Crippen molar-refractivity contribution in [3.05, 3.63) is 51.8 Å². The molecule has 0 radical (unpaired) electrons. The Balaban J connectivity index is 2.23. The summed E-state index contributed by atoms with van der Waals surface area (Å²) in [7, 11) is 0. The number of aliphatic hydroxyl groups is 1. The molecule has 1 aliphatic rings. The van der Waals surface area contributed by atoms with Gasteiger partial charge in [0.2, 0.25) is 0 Å². The van der Waals surface area contributed by atoms with Crippen LogP contribution in [0.3, 0.4) is 0 Å². The van der Waals surface area contributed by atoms with E-state index in [2.05, 4.69) is 60.0 Å². The van der Waals surface area contributed by atoms with Gasteiger partial charge in [-0.1, -0.05) is 31.2 Å². The van der Waals surface area contributed by atoms with Crippen molar-refractivity contribution < 1.29 is 5.11 Å². The maximum absolute atomic E-state index is 11.5. The van der Waals surface area contributed by atoms with E-state index in [1.165, 1.54) is 5.56 Å².